The highest BCUT2D eigenvalue weighted by Crippen LogP contribution is 2.46. The van der Waals surface area contributed by atoms with Crippen molar-refractivity contribution in [1.29, 1.82) is 0 Å². The summed E-state index contributed by atoms with van der Waals surface area (Å²) in [5.74, 6) is -0.359. The quantitative estimate of drug-likeness (QED) is 0.229. The molecule has 46 heavy (non-hydrogen) atoms. The molecule has 4 unspecified atom stereocenters. The number of nitrogens with one attached hydrogen (secondary N) is 2. The third-order valence-electron chi connectivity index (χ3n) is 9.81. The van der Waals surface area contributed by atoms with Crippen LogP contribution in [0, 0.1) is 18.2 Å². The van der Waals surface area contributed by atoms with Crippen LogP contribution >= 0.6 is 11.6 Å². The number of rotatable bonds is 7. The topological polar surface area (TPSA) is 151 Å². The Balaban J connectivity index is 1.43. The van der Waals surface area contributed by atoms with Gasteiger partial charge in [-0.25, -0.2) is 9.37 Å². The molecule has 0 spiro atoms. The summed E-state index contributed by atoms with van der Waals surface area (Å²) in [6.07, 6.45) is 6.29. The van der Waals surface area contributed by atoms with Gasteiger partial charge < -0.3 is 34.6 Å². The van der Waals surface area contributed by atoms with Gasteiger partial charge in [0.15, 0.2) is 5.82 Å². The van der Waals surface area contributed by atoms with Crippen LogP contribution in [0.1, 0.15) is 44.6 Å². The molecule has 4 N–H and O–H groups in total. The van der Waals surface area contributed by atoms with Gasteiger partial charge in [-0.3, -0.25) is 5.10 Å². The fraction of sp³-hybridized carbons (Fsp3) is 0.562. The zero-order valence-electron chi connectivity index (χ0n) is 26.2. The van der Waals surface area contributed by atoms with Gasteiger partial charge in [0, 0.05) is 34.0 Å². The summed E-state index contributed by atoms with van der Waals surface area (Å²) < 4.78 is 35.0. The van der Waals surface area contributed by atoms with Crippen LogP contribution in [0.2, 0.25) is 5.02 Å². The zero-order chi connectivity index (χ0) is 32.2. The van der Waals surface area contributed by atoms with Crippen molar-refractivity contribution in [3.8, 4) is 23.1 Å². The molecule has 246 valence electrons. The van der Waals surface area contributed by atoms with E-state index in [9.17, 15) is 10.2 Å². The first-order chi connectivity index (χ1) is 22.1. The monoisotopic (exact) mass is 655 g/mol. The van der Waals surface area contributed by atoms with Crippen LogP contribution in [0.15, 0.2) is 12.3 Å². The Kier molecular flexibility index (Phi) is 8.17. The highest BCUT2D eigenvalue weighted by atomic mass is 35.5. The average molecular weight is 656 g/mol. The Morgan fingerprint density at radius 1 is 1.24 bits per heavy atom. The van der Waals surface area contributed by atoms with Gasteiger partial charge in [-0.05, 0) is 57.7 Å². The lowest BCUT2D eigenvalue weighted by molar-refractivity contribution is -0.0528. The number of aliphatic hydroxyl groups is 2. The van der Waals surface area contributed by atoms with Gasteiger partial charge in [-0.15, -0.1) is 0 Å². The van der Waals surface area contributed by atoms with Crippen molar-refractivity contribution < 1.29 is 28.8 Å². The molecule has 1 aliphatic carbocycles. The maximum Gasteiger partial charge on any atom is 0.319 e. The molecule has 3 aromatic heterocycles. The van der Waals surface area contributed by atoms with Crippen LogP contribution in [-0.2, 0) is 4.74 Å². The fourth-order valence-electron chi connectivity index (χ4n) is 7.49. The molecule has 3 aliphatic rings. The maximum absolute atomic E-state index is 17.0. The second kappa shape index (κ2) is 12.0. The van der Waals surface area contributed by atoms with Crippen LogP contribution in [0.4, 0.5) is 10.2 Å². The predicted molar refractivity (Wildman–Crippen MR) is 171 cm³/mol. The van der Waals surface area contributed by atoms with Gasteiger partial charge in [0.1, 0.15) is 28.0 Å². The zero-order valence-corrected chi connectivity index (χ0v) is 27.0. The number of pyridine rings is 1. The van der Waals surface area contributed by atoms with Gasteiger partial charge in [0.05, 0.1) is 51.3 Å². The van der Waals surface area contributed by atoms with Crippen molar-refractivity contribution in [3.63, 3.8) is 0 Å². The summed E-state index contributed by atoms with van der Waals surface area (Å²) >= 11 is 6.58. The lowest BCUT2D eigenvalue weighted by Crippen LogP contribution is -2.49. The highest BCUT2D eigenvalue weighted by Gasteiger charge is 2.45. The van der Waals surface area contributed by atoms with E-state index in [1.807, 2.05) is 0 Å². The number of ether oxygens (including phenoxy) is 3. The molecule has 7 rings (SSSR count). The minimum Gasteiger partial charge on any atom is -0.480 e. The van der Waals surface area contributed by atoms with E-state index in [0.717, 1.165) is 38.6 Å². The number of piperidine rings is 1. The molecule has 2 aliphatic heterocycles. The molecule has 0 amide bonds. The van der Waals surface area contributed by atoms with Crippen LogP contribution in [-0.4, -0.2) is 99.7 Å². The molecule has 0 radical (unpaired) electrons. The molecule has 12 nitrogen and oxygen atoms in total. The number of fused-ring (bicyclic) bond motifs is 3. The molecular formula is C32H39ClFN7O5. The molecule has 14 heteroatoms. The number of aromatic nitrogens is 5. The maximum atomic E-state index is 17.0. The molecule has 1 saturated carbocycles. The molecule has 0 bridgehead atoms. The number of hydrogen-bond donors (Lipinski definition) is 4. The minimum atomic E-state index is -1.30. The molecule has 4 aromatic rings. The Labute approximate surface area is 270 Å². The third-order valence-corrected chi connectivity index (χ3v) is 10.2. The fourth-order valence-corrected chi connectivity index (χ4v) is 7.70. The molecule has 2 saturated heterocycles. The smallest absolute Gasteiger partial charge is 0.319 e. The van der Waals surface area contributed by atoms with Crippen LogP contribution in [0.3, 0.4) is 0 Å². The Bertz CT molecular complexity index is 1790. The Hall–Kier alpha value is -3.36. The number of nitrogens with zero attached hydrogens (tertiary/aromatic N) is 5. The van der Waals surface area contributed by atoms with Crippen molar-refractivity contribution in [1.82, 2.24) is 30.5 Å². The first kappa shape index (κ1) is 31.3. The Morgan fingerprint density at radius 2 is 2.07 bits per heavy atom. The summed E-state index contributed by atoms with van der Waals surface area (Å²) in [6, 6.07) is 2.10. The molecular weight excluding hydrogens is 617 g/mol. The summed E-state index contributed by atoms with van der Waals surface area (Å²) in [4.78, 5) is 15.9. The van der Waals surface area contributed by atoms with E-state index in [1.54, 1.807) is 31.0 Å². The number of β-amino-alcohol motifs (C(OH)–C–C–N with tert-alkyl or cyclic N) is 1. The molecule has 4 atom stereocenters. The summed E-state index contributed by atoms with van der Waals surface area (Å²) in [6.45, 7) is 4.78. The van der Waals surface area contributed by atoms with Gasteiger partial charge >= 0.3 is 6.01 Å². The van der Waals surface area contributed by atoms with E-state index in [1.165, 1.54) is 7.11 Å². The number of H-pyrrole nitrogens is 1. The predicted octanol–water partition coefficient (Wildman–Crippen LogP) is 3.93. The van der Waals surface area contributed by atoms with Gasteiger partial charge in [-0.2, -0.15) is 15.1 Å². The van der Waals surface area contributed by atoms with Crippen molar-refractivity contribution >= 4 is 39.2 Å². The summed E-state index contributed by atoms with van der Waals surface area (Å²) in [5.41, 5.74) is 0.314. The van der Waals surface area contributed by atoms with Crippen molar-refractivity contribution in [2.45, 2.75) is 63.7 Å². The number of hydrogen-bond acceptors (Lipinski definition) is 11. The second-order valence-corrected chi connectivity index (χ2v) is 13.6. The van der Waals surface area contributed by atoms with Crippen LogP contribution in [0.5, 0.6) is 11.9 Å². The van der Waals surface area contributed by atoms with Gasteiger partial charge in [-0.1, -0.05) is 18.0 Å². The van der Waals surface area contributed by atoms with E-state index in [0.29, 0.717) is 39.7 Å². The molecule has 3 fully saturated rings. The SMILES string of the molecule is COc1nc(-c2c(C)c(Cl)cc3[nH]ncc23)c(F)c2nc(OCC34CCCNC3CCC4)nc(N3CC(CO)OCC(C)(O)C3)c12. The van der Waals surface area contributed by atoms with Crippen LogP contribution < -0.4 is 19.7 Å². The van der Waals surface area contributed by atoms with E-state index >= 15 is 4.39 Å². The number of aromatic amines is 1. The van der Waals surface area contributed by atoms with Gasteiger partial charge in [0.2, 0.25) is 5.88 Å². The normalized spacial score (nSPS) is 26.8. The molecule has 5 heterocycles. The van der Waals surface area contributed by atoms with E-state index in [-0.39, 0.29) is 66.0 Å². The minimum absolute atomic E-state index is 0.000640. The van der Waals surface area contributed by atoms with Crippen molar-refractivity contribution in [2.75, 3.05) is 51.5 Å². The van der Waals surface area contributed by atoms with Crippen LogP contribution in [0.25, 0.3) is 33.1 Å². The van der Waals surface area contributed by atoms with E-state index in [4.69, 9.17) is 30.8 Å². The number of anilines is 1. The van der Waals surface area contributed by atoms with Gasteiger partial charge in [0.25, 0.3) is 0 Å². The van der Waals surface area contributed by atoms with E-state index in [2.05, 4.69) is 25.5 Å². The number of benzene rings is 1. The summed E-state index contributed by atoms with van der Waals surface area (Å²) in [5, 5.41) is 33.2. The van der Waals surface area contributed by atoms with Crippen molar-refractivity contribution in [2.24, 2.45) is 5.41 Å². The first-order valence-electron chi connectivity index (χ1n) is 15.8. The number of aliphatic hydroxyl groups excluding tert-OH is 1. The van der Waals surface area contributed by atoms with E-state index < -0.39 is 17.5 Å². The standard InChI is InChI=1S/C32H39ClFN7O5/c1-17-20(33)10-21-19(11-36-40-21)23(17)26-25(34)27-24(29(37-26)44-3)28(41-12-18(13-42)45-15-31(2,43)14-41)39-30(38-27)46-16-32-7-4-6-22(32)35-9-5-8-32/h10-11,18,22,35,42-43H,4-9,12-16H2,1-3H3,(H,36,40). The average Bonchev–Trinajstić information content (AvgIpc) is 3.66. The number of methoxy groups -OCH3 is 1. The summed E-state index contributed by atoms with van der Waals surface area (Å²) in [7, 11) is 1.45. The lowest BCUT2D eigenvalue weighted by Gasteiger charge is -2.39. The number of halogens is 2. The highest BCUT2D eigenvalue weighted by molar-refractivity contribution is 6.33. The second-order valence-electron chi connectivity index (χ2n) is 13.2. The van der Waals surface area contributed by atoms with Crippen molar-refractivity contribution in [3.05, 3.63) is 28.7 Å². The lowest BCUT2D eigenvalue weighted by atomic mass is 9.76. The third kappa shape index (κ3) is 5.41. The first-order valence-corrected chi connectivity index (χ1v) is 16.1. The Morgan fingerprint density at radius 3 is 2.87 bits per heavy atom. The largest absolute Gasteiger partial charge is 0.480 e. The molecule has 1 aromatic carbocycles.